The van der Waals surface area contributed by atoms with Crippen LogP contribution >= 0.6 is 0 Å². The largest absolute Gasteiger partial charge is 0.366 e. The van der Waals surface area contributed by atoms with Crippen molar-refractivity contribution in [1.82, 2.24) is 4.57 Å². The summed E-state index contributed by atoms with van der Waals surface area (Å²) in [6.07, 6.45) is 0. The monoisotopic (exact) mass is 338 g/mol. The van der Waals surface area contributed by atoms with Crippen molar-refractivity contribution in [2.45, 2.75) is 13.5 Å². The SMILES string of the molecule is Cc1c[c]c2c3c(C(N)=O)cccc3n(Cc3ccc(C#N)cc3)c2c1. The standard InChI is InChI=1S/C22H16N3O/c1-14-5-10-17-20(11-14)25(13-16-8-6-15(12-23)7-9-16)19-4-2-3-18(21(17)19)22(24)26/h2-9,11H,13H2,1H3,(H2,24,26). The van der Waals surface area contributed by atoms with Crippen molar-refractivity contribution in [3.8, 4) is 6.07 Å². The molecule has 4 heteroatoms. The van der Waals surface area contributed by atoms with Gasteiger partial charge in [-0.2, -0.15) is 5.26 Å². The van der Waals surface area contributed by atoms with Gasteiger partial charge in [0.1, 0.15) is 0 Å². The molecule has 4 rings (SSSR count). The van der Waals surface area contributed by atoms with Gasteiger partial charge in [-0.05, 0) is 54.4 Å². The van der Waals surface area contributed by atoms with Gasteiger partial charge >= 0.3 is 0 Å². The molecule has 0 saturated heterocycles. The summed E-state index contributed by atoms with van der Waals surface area (Å²) in [6, 6.07) is 22.6. The zero-order chi connectivity index (χ0) is 18.3. The van der Waals surface area contributed by atoms with E-state index in [1.807, 2.05) is 49.4 Å². The summed E-state index contributed by atoms with van der Waals surface area (Å²) in [6.45, 7) is 2.65. The molecule has 0 aliphatic heterocycles. The highest BCUT2D eigenvalue weighted by Gasteiger charge is 2.16. The maximum absolute atomic E-state index is 11.9. The van der Waals surface area contributed by atoms with Crippen molar-refractivity contribution >= 4 is 27.7 Å². The molecule has 0 fully saturated rings. The van der Waals surface area contributed by atoms with Gasteiger partial charge in [0.15, 0.2) is 0 Å². The maximum atomic E-state index is 11.9. The molecule has 1 aromatic heterocycles. The lowest BCUT2D eigenvalue weighted by Gasteiger charge is -2.08. The van der Waals surface area contributed by atoms with Crippen LogP contribution in [0.3, 0.4) is 0 Å². The van der Waals surface area contributed by atoms with Crippen LogP contribution in [0.4, 0.5) is 0 Å². The van der Waals surface area contributed by atoms with E-state index >= 15 is 0 Å². The van der Waals surface area contributed by atoms with Gasteiger partial charge in [0.25, 0.3) is 0 Å². The zero-order valence-corrected chi connectivity index (χ0v) is 14.3. The number of amides is 1. The summed E-state index contributed by atoms with van der Waals surface area (Å²) >= 11 is 0. The smallest absolute Gasteiger partial charge is 0.249 e. The molecule has 1 radical (unpaired) electrons. The fourth-order valence-corrected chi connectivity index (χ4v) is 3.40. The number of nitrogens with two attached hydrogens (primary N) is 1. The fraction of sp³-hybridized carbons (Fsp3) is 0.0909. The Kier molecular flexibility index (Phi) is 3.70. The van der Waals surface area contributed by atoms with E-state index in [4.69, 9.17) is 11.0 Å². The van der Waals surface area contributed by atoms with Gasteiger partial charge < -0.3 is 10.3 Å². The number of hydrogen-bond acceptors (Lipinski definition) is 2. The number of primary amides is 1. The molecule has 0 bridgehead atoms. The molecular weight excluding hydrogens is 322 g/mol. The van der Waals surface area contributed by atoms with E-state index in [1.54, 1.807) is 6.07 Å². The number of nitriles is 1. The fourth-order valence-electron chi connectivity index (χ4n) is 3.40. The van der Waals surface area contributed by atoms with E-state index in [0.29, 0.717) is 17.7 Å². The highest BCUT2D eigenvalue weighted by molar-refractivity contribution is 6.17. The molecule has 1 amide bonds. The van der Waals surface area contributed by atoms with Gasteiger partial charge in [-0.1, -0.05) is 24.3 Å². The third kappa shape index (κ3) is 2.51. The molecule has 125 valence electrons. The lowest BCUT2D eigenvalue weighted by molar-refractivity contribution is 0.100. The van der Waals surface area contributed by atoms with Crippen LogP contribution in [0.5, 0.6) is 0 Å². The number of carbonyl (C=O) groups excluding carboxylic acids is 1. The van der Waals surface area contributed by atoms with E-state index < -0.39 is 5.91 Å². The maximum Gasteiger partial charge on any atom is 0.249 e. The van der Waals surface area contributed by atoms with E-state index in [1.165, 1.54) is 0 Å². The summed E-state index contributed by atoms with van der Waals surface area (Å²) in [5.41, 5.74) is 10.9. The summed E-state index contributed by atoms with van der Waals surface area (Å²) in [7, 11) is 0. The molecule has 1 heterocycles. The highest BCUT2D eigenvalue weighted by atomic mass is 16.1. The van der Waals surface area contributed by atoms with E-state index in [-0.39, 0.29) is 0 Å². The number of aromatic nitrogens is 1. The van der Waals surface area contributed by atoms with Crippen LogP contribution in [0.15, 0.2) is 54.6 Å². The molecular formula is C22H16N3O. The number of carbonyl (C=O) groups is 1. The molecule has 26 heavy (non-hydrogen) atoms. The van der Waals surface area contributed by atoms with Crippen molar-refractivity contribution < 1.29 is 4.79 Å². The average molecular weight is 338 g/mol. The normalized spacial score (nSPS) is 10.9. The predicted octanol–water partition coefficient (Wildman–Crippen LogP) is 3.92. The summed E-state index contributed by atoms with van der Waals surface area (Å²) in [5.74, 6) is -0.443. The van der Waals surface area contributed by atoms with Crippen molar-refractivity contribution in [3.05, 3.63) is 82.9 Å². The first kappa shape index (κ1) is 15.9. The molecule has 2 N–H and O–H groups in total. The van der Waals surface area contributed by atoms with Gasteiger partial charge in [-0.15, -0.1) is 0 Å². The third-order valence-corrected chi connectivity index (χ3v) is 4.63. The Balaban J connectivity index is 2.00. The first-order valence-corrected chi connectivity index (χ1v) is 8.30. The Morgan fingerprint density at radius 2 is 1.96 bits per heavy atom. The number of aryl methyl sites for hydroxylation is 1. The average Bonchev–Trinajstić information content (AvgIpc) is 2.95. The second-order valence-electron chi connectivity index (χ2n) is 6.40. The van der Waals surface area contributed by atoms with E-state index in [9.17, 15) is 4.79 Å². The molecule has 0 spiro atoms. The molecule has 0 aliphatic carbocycles. The zero-order valence-electron chi connectivity index (χ0n) is 14.3. The molecule has 4 aromatic rings. The molecule has 0 saturated carbocycles. The van der Waals surface area contributed by atoms with Crippen LogP contribution < -0.4 is 5.73 Å². The van der Waals surface area contributed by atoms with E-state index in [0.717, 1.165) is 32.9 Å². The van der Waals surface area contributed by atoms with Gasteiger partial charge in [0, 0.05) is 22.9 Å². The summed E-state index contributed by atoms with van der Waals surface area (Å²) < 4.78 is 2.17. The van der Waals surface area contributed by atoms with Crippen LogP contribution in [0, 0.1) is 24.3 Å². The Hall–Kier alpha value is -3.58. The molecule has 0 unspecified atom stereocenters. The minimum absolute atomic E-state index is 0.443. The Morgan fingerprint density at radius 3 is 2.65 bits per heavy atom. The van der Waals surface area contributed by atoms with Crippen molar-refractivity contribution in [3.63, 3.8) is 0 Å². The van der Waals surface area contributed by atoms with Crippen LogP contribution in [0.25, 0.3) is 21.8 Å². The highest BCUT2D eigenvalue weighted by Crippen LogP contribution is 2.32. The predicted molar refractivity (Wildman–Crippen MR) is 102 cm³/mol. The number of hydrogen-bond donors (Lipinski definition) is 1. The number of fused-ring (bicyclic) bond motifs is 3. The molecule has 0 aliphatic rings. The Bertz CT molecular complexity index is 1190. The van der Waals surface area contributed by atoms with Crippen molar-refractivity contribution in [2.24, 2.45) is 5.73 Å². The lowest BCUT2D eigenvalue weighted by Crippen LogP contribution is -2.11. The summed E-state index contributed by atoms with van der Waals surface area (Å²) in [4.78, 5) is 11.9. The molecule has 3 aromatic carbocycles. The number of benzene rings is 3. The quantitative estimate of drug-likeness (QED) is 0.615. The first-order chi connectivity index (χ1) is 12.6. The second-order valence-corrected chi connectivity index (χ2v) is 6.40. The van der Waals surface area contributed by atoms with Crippen LogP contribution in [0.1, 0.15) is 27.0 Å². The minimum atomic E-state index is -0.443. The molecule has 4 nitrogen and oxygen atoms in total. The van der Waals surface area contributed by atoms with Gasteiger partial charge in [0.05, 0.1) is 22.7 Å². The minimum Gasteiger partial charge on any atom is -0.366 e. The third-order valence-electron chi connectivity index (χ3n) is 4.63. The second kappa shape index (κ2) is 6.05. The number of rotatable bonds is 3. The van der Waals surface area contributed by atoms with Crippen molar-refractivity contribution in [1.29, 1.82) is 5.26 Å². The van der Waals surface area contributed by atoms with Gasteiger partial charge in [-0.25, -0.2) is 0 Å². The lowest BCUT2D eigenvalue weighted by atomic mass is 10.1. The first-order valence-electron chi connectivity index (χ1n) is 8.30. The molecule has 0 atom stereocenters. The van der Waals surface area contributed by atoms with E-state index in [2.05, 4.69) is 22.8 Å². The van der Waals surface area contributed by atoms with Gasteiger partial charge in [0.2, 0.25) is 5.91 Å². The van der Waals surface area contributed by atoms with Crippen LogP contribution in [-0.4, -0.2) is 10.5 Å². The van der Waals surface area contributed by atoms with Crippen LogP contribution in [-0.2, 0) is 6.54 Å². The number of nitrogens with zero attached hydrogens (tertiary/aromatic N) is 2. The van der Waals surface area contributed by atoms with Crippen LogP contribution in [0.2, 0.25) is 0 Å². The van der Waals surface area contributed by atoms with Gasteiger partial charge in [-0.3, -0.25) is 4.79 Å². The summed E-state index contributed by atoms with van der Waals surface area (Å²) in [5, 5.41) is 10.7. The van der Waals surface area contributed by atoms with Crippen molar-refractivity contribution in [2.75, 3.05) is 0 Å². The Labute approximate surface area is 151 Å². The topological polar surface area (TPSA) is 71.8 Å². The Morgan fingerprint density at radius 1 is 1.19 bits per heavy atom.